The molecule has 0 radical (unpaired) electrons. The molecule has 0 aromatic heterocycles. The van der Waals surface area contributed by atoms with Crippen LogP contribution in [0.5, 0.6) is 5.75 Å². The second kappa shape index (κ2) is 6.51. The first-order valence-corrected chi connectivity index (χ1v) is 7.79. The van der Waals surface area contributed by atoms with Crippen molar-refractivity contribution >= 4 is 21.7 Å². The molecular weight excluding hydrogens is 356 g/mol. The summed E-state index contributed by atoms with van der Waals surface area (Å²) in [7, 11) is -4.38. The van der Waals surface area contributed by atoms with E-state index in [0.717, 1.165) is 30.3 Å². The Morgan fingerprint density at radius 3 is 2.20 bits per heavy atom. The molecule has 0 atom stereocenters. The van der Waals surface area contributed by atoms with E-state index in [9.17, 15) is 28.6 Å². The van der Waals surface area contributed by atoms with E-state index in [2.05, 4.69) is 4.18 Å². The third-order valence-electron chi connectivity index (χ3n) is 3.00. The molecule has 0 saturated heterocycles. The van der Waals surface area contributed by atoms with Crippen LogP contribution in [-0.4, -0.2) is 18.3 Å². The van der Waals surface area contributed by atoms with E-state index in [0.29, 0.717) is 0 Å². The van der Waals surface area contributed by atoms with Crippen LogP contribution >= 0.6 is 0 Å². The Balaban J connectivity index is 2.65. The summed E-state index contributed by atoms with van der Waals surface area (Å²) in [5, 5.41) is 35.9. The number of nitro benzene ring substituents is 2. The lowest BCUT2D eigenvalue weighted by Gasteiger charge is -2.08. The van der Waals surface area contributed by atoms with Gasteiger partial charge in [-0.2, -0.15) is 18.8 Å². The summed E-state index contributed by atoms with van der Waals surface area (Å²) in [6, 6.07) is 8.08. The highest BCUT2D eigenvalue weighted by Crippen LogP contribution is 2.36. The van der Waals surface area contributed by atoms with Gasteiger partial charge in [-0.1, -0.05) is 0 Å². The highest BCUT2D eigenvalue weighted by atomic mass is 32.2. The first-order chi connectivity index (χ1) is 11.6. The number of rotatable bonds is 5. The fourth-order valence-electron chi connectivity index (χ4n) is 2.05. The van der Waals surface area contributed by atoms with E-state index in [4.69, 9.17) is 10.4 Å². The van der Waals surface area contributed by atoms with Gasteiger partial charge in [-0.05, 0) is 18.2 Å². The summed E-state index contributed by atoms with van der Waals surface area (Å²) in [6.07, 6.45) is 0. The Kier molecular flexibility index (Phi) is 4.63. The van der Waals surface area contributed by atoms with Crippen LogP contribution in [0.25, 0.3) is 11.1 Å². The summed E-state index contributed by atoms with van der Waals surface area (Å²) in [6.45, 7) is 0. The molecule has 2 aromatic carbocycles. The predicted octanol–water partition coefficient (Wildman–Crippen LogP) is 1.62. The van der Waals surface area contributed by atoms with Gasteiger partial charge in [-0.15, -0.1) is 0 Å². The van der Waals surface area contributed by atoms with E-state index in [1.807, 2.05) is 0 Å². The van der Waals surface area contributed by atoms with Gasteiger partial charge in [-0.25, -0.2) is 0 Å². The van der Waals surface area contributed by atoms with Gasteiger partial charge in [0.15, 0.2) is 5.75 Å². The summed E-state index contributed by atoms with van der Waals surface area (Å²) in [5.41, 5.74) is -1.04. The molecule has 12 heteroatoms. The van der Waals surface area contributed by atoms with E-state index in [-0.39, 0.29) is 22.4 Å². The molecule has 0 unspecified atom stereocenters. The van der Waals surface area contributed by atoms with Crippen molar-refractivity contribution in [1.29, 1.82) is 5.26 Å². The Morgan fingerprint density at radius 1 is 1.04 bits per heavy atom. The van der Waals surface area contributed by atoms with Gasteiger partial charge in [0.25, 0.3) is 11.4 Å². The molecule has 2 aromatic rings. The van der Waals surface area contributed by atoms with Crippen molar-refractivity contribution in [3.8, 4) is 22.9 Å². The zero-order chi connectivity index (χ0) is 18.8. The van der Waals surface area contributed by atoms with Crippen LogP contribution < -0.4 is 9.32 Å². The smallest absolute Gasteiger partial charge is 0.371 e. The minimum Gasteiger partial charge on any atom is -0.371 e. The van der Waals surface area contributed by atoms with Crippen molar-refractivity contribution in [2.75, 3.05) is 0 Å². The van der Waals surface area contributed by atoms with Crippen LogP contribution in [0.2, 0.25) is 0 Å². The molecule has 0 aliphatic rings. The van der Waals surface area contributed by atoms with Gasteiger partial charge in [0, 0.05) is 17.7 Å². The van der Waals surface area contributed by atoms with Crippen LogP contribution in [0, 0.1) is 31.6 Å². The van der Waals surface area contributed by atoms with Crippen molar-refractivity contribution in [2.24, 2.45) is 5.14 Å². The van der Waals surface area contributed by atoms with Crippen molar-refractivity contribution in [3.05, 3.63) is 62.2 Å². The van der Waals surface area contributed by atoms with E-state index < -0.39 is 31.6 Å². The number of nitrogens with two attached hydrogens (primary N) is 1. The van der Waals surface area contributed by atoms with Gasteiger partial charge < -0.3 is 4.18 Å². The van der Waals surface area contributed by atoms with Gasteiger partial charge in [0.05, 0.1) is 27.0 Å². The normalized spacial score (nSPS) is 10.7. The third-order valence-corrected chi connectivity index (χ3v) is 3.43. The van der Waals surface area contributed by atoms with Gasteiger partial charge in [-0.3, -0.25) is 20.2 Å². The van der Waals surface area contributed by atoms with Crippen LogP contribution in [0.15, 0.2) is 36.4 Å². The molecular formula is C13H8N4O7S. The van der Waals surface area contributed by atoms with Crippen molar-refractivity contribution in [2.45, 2.75) is 0 Å². The maximum absolute atomic E-state index is 11.3. The summed E-state index contributed by atoms with van der Waals surface area (Å²) in [5.74, 6) is -0.390. The monoisotopic (exact) mass is 364 g/mol. The summed E-state index contributed by atoms with van der Waals surface area (Å²) in [4.78, 5) is 20.5. The van der Waals surface area contributed by atoms with Crippen molar-refractivity contribution < 1.29 is 22.4 Å². The highest BCUT2D eigenvalue weighted by Gasteiger charge is 2.22. The minimum absolute atomic E-state index is 0.0433. The maximum atomic E-state index is 11.3. The summed E-state index contributed by atoms with van der Waals surface area (Å²) >= 11 is 0. The van der Waals surface area contributed by atoms with Gasteiger partial charge in [0.1, 0.15) is 6.07 Å². The van der Waals surface area contributed by atoms with Crippen LogP contribution in [-0.2, 0) is 10.3 Å². The van der Waals surface area contributed by atoms with Crippen LogP contribution in [0.4, 0.5) is 11.4 Å². The Labute approximate surface area is 140 Å². The number of hydrogen-bond donors (Lipinski definition) is 1. The minimum atomic E-state index is -4.38. The van der Waals surface area contributed by atoms with E-state index >= 15 is 0 Å². The SMILES string of the molecule is N#Cc1cc([N+](=O)[O-])ccc1-c1ccc(OS(N)(=O)=O)cc1[N+](=O)[O-]. The number of nitrogens with zero attached hydrogens (tertiary/aromatic N) is 3. The zero-order valence-electron chi connectivity index (χ0n) is 12.1. The summed E-state index contributed by atoms with van der Waals surface area (Å²) < 4.78 is 26.2. The number of benzene rings is 2. The molecule has 0 bridgehead atoms. The molecule has 128 valence electrons. The molecule has 0 fully saturated rings. The fourth-order valence-corrected chi connectivity index (χ4v) is 2.42. The molecule has 0 amide bonds. The van der Waals surface area contributed by atoms with Gasteiger partial charge in [0.2, 0.25) is 0 Å². The second-order valence-corrected chi connectivity index (χ2v) is 5.76. The molecule has 2 rings (SSSR count). The molecule has 0 saturated carbocycles. The topological polar surface area (TPSA) is 179 Å². The molecule has 25 heavy (non-hydrogen) atoms. The van der Waals surface area contributed by atoms with Crippen LogP contribution in [0.1, 0.15) is 5.56 Å². The number of nitro groups is 2. The molecule has 0 aliphatic heterocycles. The highest BCUT2D eigenvalue weighted by molar-refractivity contribution is 7.84. The van der Waals surface area contributed by atoms with E-state index in [1.54, 1.807) is 6.07 Å². The average molecular weight is 364 g/mol. The number of hydrogen-bond acceptors (Lipinski definition) is 8. The predicted molar refractivity (Wildman–Crippen MR) is 83.6 cm³/mol. The van der Waals surface area contributed by atoms with E-state index in [1.165, 1.54) is 6.07 Å². The van der Waals surface area contributed by atoms with Crippen LogP contribution in [0.3, 0.4) is 0 Å². The number of non-ortho nitro benzene ring substituents is 1. The lowest BCUT2D eigenvalue weighted by molar-refractivity contribution is -0.385. The quantitative estimate of drug-likeness (QED) is 0.613. The first-order valence-electron chi connectivity index (χ1n) is 6.32. The Hall–Kier alpha value is -3.56. The maximum Gasteiger partial charge on any atom is 0.380 e. The molecule has 0 aliphatic carbocycles. The van der Waals surface area contributed by atoms with Gasteiger partial charge >= 0.3 is 10.3 Å². The zero-order valence-corrected chi connectivity index (χ0v) is 13.0. The lowest BCUT2D eigenvalue weighted by atomic mass is 9.98. The Bertz CT molecular complexity index is 1030. The second-order valence-electron chi connectivity index (χ2n) is 4.61. The first kappa shape index (κ1) is 17.8. The number of nitriles is 1. The lowest BCUT2D eigenvalue weighted by Crippen LogP contribution is -2.19. The van der Waals surface area contributed by atoms with Crippen molar-refractivity contribution in [3.63, 3.8) is 0 Å². The largest absolute Gasteiger partial charge is 0.380 e. The molecule has 11 nitrogen and oxygen atoms in total. The third kappa shape index (κ3) is 4.05. The Morgan fingerprint density at radius 2 is 1.68 bits per heavy atom. The van der Waals surface area contributed by atoms with Crippen molar-refractivity contribution in [1.82, 2.24) is 0 Å². The molecule has 2 N–H and O–H groups in total. The molecule has 0 spiro atoms. The average Bonchev–Trinajstić information content (AvgIpc) is 2.52. The fraction of sp³-hybridized carbons (Fsp3) is 0. The standard InChI is InChI=1S/C13H8N4O7S/c14-7-8-5-9(16(18)19)1-3-11(8)12-4-2-10(24-25(15,22)23)6-13(12)17(20)21/h1-6H,(H2,15,22,23). The molecule has 0 heterocycles.